The van der Waals surface area contributed by atoms with Gasteiger partial charge < -0.3 is 20.4 Å². The molecule has 3 N–H and O–H groups in total. The van der Waals surface area contributed by atoms with Crippen LogP contribution in [0.4, 0.5) is 4.79 Å². The lowest BCUT2D eigenvalue weighted by molar-refractivity contribution is -0.141. The Morgan fingerprint density at radius 2 is 1.80 bits per heavy atom. The van der Waals surface area contributed by atoms with Crippen LogP contribution in [-0.4, -0.2) is 52.3 Å². The number of aliphatic hydroxyl groups excluding tert-OH is 1. The molecule has 6 heteroatoms. The number of carboxylic acid groups (broad SMARTS) is 1. The molecule has 0 spiro atoms. The second-order valence-electron chi connectivity index (χ2n) is 6.51. The highest BCUT2D eigenvalue weighted by atomic mass is 16.4. The van der Waals surface area contributed by atoms with Crippen molar-refractivity contribution < 1.29 is 19.8 Å². The molecular weight excluding hydrogens is 260 g/mol. The molecule has 0 aromatic heterocycles. The number of carboxylic acids is 1. The number of carbonyl (C=O) groups is 2. The van der Waals surface area contributed by atoms with E-state index in [4.69, 9.17) is 5.11 Å². The van der Waals surface area contributed by atoms with Gasteiger partial charge in [0, 0.05) is 13.1 Å². The summed E-state index contributed by atoms with van der Waals surface area (Å²) < 4.78 is 0. The summed E-state index contributed by atoms with van der Waals surface area (Å²) in [5.74, 6) is -1.23. The van der Waals surface area contributed by atoms with E-state index in [1.54, 1.807) is 11.9 Å². The summed E-state index contributed by atoms with van der Waals surface area (Å²) in [5, 5.41) is 20.7. The molecule has 1 aliphatic carbocycles. The van der Waals surface area contributed by atoms with Gasteiger partial charge in [-0.25, -0.2) is 9.59 Å². The van der Waals surface area contributed by atoms with Gasteiger partial charge in [-0.15, -0.1) is 0 Å². The van der Waals surface area contributed by atoms with Crippen molar-refractivity contribution in [3.63, 3.8) is 0 Å². The van der Waals surface area contributed by atoms with Crippen LogP contribution in [0.2, 0.25) is 0 Å². The molecule has 2 unspecified atom stereocenters. The number of carbonyl (C=O) groups excluding carboxylic acids is 1. The zero-order valence-electron chi connectivity index (χ0n) is 12.7. The van der Waals surface area contributed by atoms with Crippen LogP contribution < -0.4 is 5.32 Å². The maximum absolute atomic E-state index is 12.1. The number of aliphatic hydroxyl groups is 1. The number of rotatable bonds is 4. The maximum Gasteiger partial charge on any atom is 0.328 e. The van der Waals surface area contributed by atoms with Crippen molar-refractivity contribution in [1.82, 2.24) is 10.2 Å². The van der Waals surface area contributed by atoms with E-state index in [1.807, 2.05) is 0 Å². The fraction of sp³-hybridized carbons (Fsp3) is 0.857. The Morgan fingerprint density at radius 1 is 1.30 bits per heavy atom. The first-order valence-corrected chi connectivity index (χ1v) is 7.08. The number of aliphatic carboxylic acids is 1. The van der Waals surface area contributed by atoms with Crippen molar-refractivity contribution in [3.8, 4) is 0 Å². The average molecular weight is 286 g/mol. The summed E-state index contributed by atoms with van der Waals surface area (Å²) in [6.07, 6.45) is 2.81. The number of urea groups is 1. The molecule has 1 saturated carbocycles. The Bertz CT molecular complexity index is 358. The third kappa shape index (κ3) is 4.37. The van der Waals surface area contributed by atoms with Crippen molar-refractivity contribution in [3.05, 3.63) is 0 Å². The first-order valence-electron chi connectivity index (χ1n) is 7.08. The highest BCUT2D eigenvalue weighted by Crippen LogP contribution is 2.36. The molecule has 0 aliphatic heterocycles. The maximum atomic E-state index is 12.1. The van der Waals surface area contributed by atoms with Crippen LogP contribution in [0.25, 0.3) is 0 Å². The number of amides is 2. The smallest absolute Gasteiger partial charge is 0.328 e. The molecule has 1 rings (SSSR count). The van der Waals surface area contributed by atoms with Gasteiger partial charge in [0.25, 0.3) is 0 Å². The Hall–Kier alpha value is -1.30. The minimum atomic E-state index is -1.27. The third-order valence-corrected chi connectivity index (χ3v) is 4.20. The van der Waals surface area contributed by atoms with E-state index >= 15 is 0 Å². The van der Waals surface area contributed by atoms with Crippen LogP contribution >= 0.6 is 0 Å². The van der Waals surface area contributed by atoms with Crippen molar-refractivity contribution >= 4 is 12.0 Å². The lowest BCUT2D eigenvalue weighted by Gasteiger charge is -2.38. The normalized spacial score (nSPS) is 21.9. The SMILES string of the molecule is CC(O)C(NC(=O)N(C)C1CCC(C)(C)CC1)C(=O)O. The van der Waals surface area contributed by atoms with Gasteiger partial charge in [-0.1, -0.05) is 13.8 Å². The molecule has 2 amide bonds. The lowest BCUT2D eigenvalue weighted by atomic mass is 9.75. The van der Waals surface area contributed by atoms with Gasteiger partial charge in [0.1, 0.15) is 0 Å². The molecule has 0 radical (unpaired) electrons. The van der Waals surface area contributed by atoms with Crippen molar-refractivity contribution in [2.24, 2.45) is 5.41 Å². The standard InChI is InChI=1S/C14H26N2O4/c1-9(17)11(12(18)19)15-13(20)16(4)10-5-7-14(2,3)8-6-10/h9-11,17H,5-8H2,1-4H3,(H,15,20)(H,18,19). The van der Waals surface area contributed by atoms with Gasteiger partial charge in [0.15, 0.2) is 6.04 Å². The van der Waals surface area contributed by atoms with E-state index in [2.05, 4.69) is 19.2 Å². The monoisotopic (exact) mass is 286 g/mol. The molecular formula is C14H26N2O4. The molecule has 6 nitrogen and oxygen atoms in total. The highest BCUT2D eigenvalue weighted by molar-refractivity contribution is 5.83. The number of hydrogen-bond acceptors (Lipinski definition) is 3. The van der Waals surface area contributed by atoms with Crippen molar-refractivity contribution in [1.29, 1.82) is 0 Å². The minimum absolute atomic E-state index is 0.131. The van der Waals surface area contributed by atoms with Crippen LogP contribution in [0.3, 0.4) is 0 Å². The fourth-order valence-corrected chi connectivity index (χ4v) is 2.56. The molecule has 0 saturated heterocycles. The second kappa shape index (κ2) is 6.43. The van der Waals surface area contributed by atoms with Gasteiger partial charge in [-0.05, 0) is 38.0 Å². The van der Waals surface area contributed by atoms with Crippen LogP contribution in [0.1, 0.15) is 46.5 Å². The molecule has 1 aliphatic rings. The summed E-state index contributed by atoms with van der Waals surface area (Å²) in [6, 6.07) is -1.58. The van der Waals surface area contributed by atoms with Crippen LogP contribution in [0, 0.1) is 5.41 Å². The Kier molecular flexibility index (Phi) is 5.39. The van der Waals surface area contributed by atoms with E-state index in [0.29, 0.717) is 5.41 Å². The quantitative estimate of drug-likeness (QED) is 0.729. The van der Waals surface area contributed by atoms with Gasteiger partial charge in [0.2, 0.25) is 0 Å². The predicted molar refractivity (Wildman–Crippen MR) is 75.4 cm³/mol. The highest BCUT2D eigenvalue weighted by Gasteiger charge is 2.32. The summed E-state index contributed by atoms with van der Waals surface area (Å²) in [5.41, 5.74) is 0.316. The molecule has 20 heavy (non-hydrogen) atoms. The Morgan fingerprint density at radius 3 is 2.20 bits per heavy atom. The molecule has 0 aromatic carbocycles. The average Bonchev–Trinajstić information content (AvgIpc) is 2.34. The molecule has 1 fully saturated rings. The van der Waals surface area contributed by atoms with Crippen molar-refractivity contribution in [2.75, 3.05) is 7.05 Å². The first kappa shape index (κ1) is 16.8. The summed E-state index contributed by atoms with van der Waals surface area (Å²) in [6.45, 7) is 5.79. The molecule has 0 heterocycles. The van der Waals surface area contributed by atoms with Gasteiger partial charge in [-0.2, -0.15) is 0 Å². The van der Waals surface area contributed by atoms with Crippen molar-refractivity contribution in [2.45, 2.75) is 64.6 Å². The lowest BCUT2D eigenvalue weighted by Crippen LogP contribution is -2.54. The first-order chi connectivity index (χ1) is 9.14. The summed E-state index contributed by atoms with van der Waals surface area (Å²) in [7, 11) is 1.68. The van der Waals surface area contributed by atoms with E-state index in [0.717, 1.165) is 25.7 Å². The zero-order valence-corrected chi connectivity index (χ0v) is 12.7. The number of nitrogens with one attached hydrogen (secondary N) is 1. The molecule has 116 valence electrons. The minimum Gasteiger partial charge on any atom is -0.480 e. The van der Waals surface area contributed by atoms with Crippen LogP contribution in [0.15, 0.2) is 0 Å². The molecule has 0 bridgehead atoms. The largest absolute Gasteiger partial charge is 0.480 e. The zero-order chi connectivity index (χ0) is 15.5. The predicted octanol–water partition coefficient (Wildman–Crippen LogP) is 1.43. The molecule has 0 aromatic rings. The number of nitrogens with zero attached hydrogens (tertiary/aromatic N) is 1. The second-order valence-corrected chi connectivity index (χ2v) is 6.51. The van der Waals surface area contributed by atoms with Gasteiger partial charge in [-0.3, -0.25) is 0 Å². The number of hydrogen-bond donors (Lipinski definition) is 3. The third-order valence-electron chi connectivity index (χ3n) is 4.20. The topological polar surface area (TPSA) is 89.9 Å². The molecule has 2 atom stereocenters. The van der Waals surface area contributed by atoms with Crippen LogP contribution in [0.5, 0.6) is 0 Å². The Labute approximate surface area is 120 Å². The van der Waals surface area contributed by atoms with E-state index in [-0.39, 0.29) is 6.04 Å². The summed E-state index contributed by atoms with van der Waals surface area (Å²) >= 11 is 0. The van der Waals surface area contributed by atoms with E-state index in [9.17, 15) is 14.7 Å². The van der Waals surface area contributed by atoms with Gasteiger partial charge in [0.05, 0.1) is 6.10 Å². The Balaban J connectivity index is 2.57. The van der Waals surface area contributed by atoms with E-state index in [1.165, 1.54) is 6.92 Å². The van der Waals surface area contributed by atoms with E-state index < -0.39 is 24.1 Å². The fourth-order valence-electron chi connectivity index (χ4n) is 2.56. The van der Waals surface area contributed by atoms with Crippen LogP contribution in [-0.2, 0) is 4.79 Å². The summed E-state index contributed by atoms with van der Waals surface area (Å²) in [4.78, 5) is 24.6. The van der Waals surface area contributed by atoms with Gasteiger partial charge >= 0.3 is 12.0 Å².